The number of anilines is 1. The molecule has 2 aromatic rings. The molecule has 0 atom stereocenters. The van der Waals surface area contributed by atoms with Crippen LogP contribution < -0.4 is 14.8 Å². The summed E-state index contributed by atoms with van der Waals surface area (Å²) in [5, 5.41) is 7.09. The van der Waals surface area contributed by atoms with E-state index in [0.717, 1.165) is 6.54 Å². The quantitative estimate of drug-likeness (QED) is 0.891. The van der Waals surface area contributed by atoms with E-state index in [1.807, 2.05) is 0 Å². The Bertz CT molecular complexity index is 650. The zero-order valence-electron chi connectivity index (χ0n) is 13.3. The Morgan fingerprint density at radius 1 is 1.27 bits per heavy atom. The molecule has 1 aromatic carbocycles. The topological polar surface area (TPSA) is 65.4 Å². The molecule has 6 nitrogen and oxygen atoms in total. The van der Waals surface area contributed by atoms with Gasteiger partial charge in [0.15, 0.2) is 0 Å². The van der Waals surface area contributed by atoms with Crippen molar-refractivity contribution in [3.05, 3.63) is 36.0 Å². The highest BCUT2D eigenvalue weighted by atomic mass is 16.5. The number of rotatable bonds is 6. The third-order valence-corrected chi connectivity index (χ3v) is 3.15. The van der Waals surface area contributed by atoms with E-state index < -0.39 is 0 Å². The maximum atomic E-state index is 12.5. The maximum Gasteiger partial charge on any atom is 0.260 e. The Kier molecular flexibility index (Phi) is 5.04. The second-order valence-corrected chi connectivity index (χ2v) is 5.31. The molecule has 0 unspecified atom stereocenters. The van der Waals surface area contributed by atoms with Crippen LogP contribution >= 0.6 is 0 Å². The van der Waals surface area contributed by atoms with E-state index in [0.29, 0.717) is 28.8 Å². The van der Waals surface area contributed by atoms with E-state index in [1.165, 1.54) is 7.11 Å². The van der Waals surface area contributed by atoms with E-state index in [-0.39, 0.29) is 5.91 Å². The average molecular weight is 303 g/mol. The molecule has 0 fully saturated rings. The Balaban J connectivity index is 2.21. The van der Waals surface area contributed by atoms with Crippen LogP contribution in [0, 0.1) is 5.92 Å². The SMILES string of the molecule is COc1ccc(C(=O)Nc2ccnn2CC(C)C)c(OC)c1. The maximum absolute atomic E-state index is 12.5. The van der Waals surface area contributed by atoms with Crippen LogP contribution in [0.3, 0.4) is 0 Å². The minimum atomic E-state index is -0.245. The molecule has 2 rings (SSSR count). The predicted molar refractivity (Wildman–Crippen MR) is 84.6 cm³/mol. The molecule has 0 saturated heterocycles. The number of carbonyl (C=O) groups excluding carboxylic acids is 1. The molecule has 22 heavy (non-hydrogen) atoms. The first-order chi connectivity index (χ1) is 10.5. The van der Waals surface area contributed by atoms with E-state index in [2.05, 4.69) is 24.3 Å². The van der Waals surface area contributed by atoms with E-state index >= 15 is 0 Å². The minimum Gasteiger partial charge on any atom is -0.497 e. The van der Waals surface area contributed by atoms with Gasteiger partial charge in [0, 0.05) is 18.7 Å². The second kappa shape index (κ2) is 6.98. The molecule has 6 heteroatoms. The van der Waals surface area contributed by atoms with Gasteiger partial charge in [0.25, 0.3) is 5.91 Å². The van der Waals surface area contributed by atoms with Gasteiger partial charge in [-0.15, -0.1) is 0 Å². The molecule has 0 aliphatic carbocycles. The van der Waals surface area contributed by atoms with Gasteiger partial charge < -0.3 is 14.8 Å². The lowest BCUT2D eigenvalue weighted by Gasteiger charge is -2.13. The molecule has 0 aliphatic heterocycles. The summed E-state index contributed by atoms with van der Waals surface area (Å²) in [5.41, 5.74) is 0.445. The summed E-state index contributed by atoms with van der Waals surface area (Å²) in [5.74, 6) is 1.96. The molecule has 118 valence electrons. The number of nitrogens with zero attached hydrogens (tertiary/aromatic N) is 2. The highest BCUT2D eigenvalue weighted by Gasteiger charge is 2.15. The summed E-state index contributed by atoms with van der Waals surface area (Å²) in [6.07, 6.45) is 1.67. The summed E-state index contributed by atoms with van der Waals surface area (Å²) in [7, 11) is 3.09. The summed E-state index contributed by atoms with van der Waals surface area (Å²) >= 11 is 0. The van der Waals surface area contributed by atoms with Gasteiger partial charge in [-0.3, -0.25) is 4.79 Å². The molecule has 1 aromatic heterocycles. The van der Waals surface area contributed by atoms with Gasteiger partial charge in [0.05, 0.1) is 26.0 Å². The smallest absolute Gasteiger partial charge is 0.260 e. The number of ether oxygens (including phenoxy) is 2. The van der Waals surface area contributed by atoms with Gasteiger partial charge in [0.2, 0.25) is 0 Å². The normalized spacial score (nSPS) is 10.6. The highest BCUT2D eigenvalue weighted by molar-refractivity contribution is 6.05. The standard InChI is InChI=1S/C16H21N3O3/c1-11(2)10-19-15(7-8-17-19)18-16(20)13-6-5-12(21-3)9-14(13)22-4/h5-9,11H,10H2,1-4H3,(H,18,20). The van der Waals surface area contributed by atoms with Crippen molar-refractivity contribution >= 4 is 11.7 Å². The molecule has 0 bridgehead atoms. The van der Waals surface area contributed by atoms with E-state index in [1.54, 1.807) is 42.3 Å². The lowest BCUT2D eigenvalue weighted by molar-refractivity contribution is 0.102. The minimum absolute atomic E-state index is 0.245. The summed E-state index contributed by atoms with van der Waals surface area (Å²) in [4.78, 5) is 12.5. The number of nitrogens with one attached hydrogen (secondary N) is 1. The van der Waals surface area contributed by atoms with Crippen LogP contribution in [0.5, 0.6) is 11.5 Å². The van der Waals surface area contributed by atoms with Gasteiger partial charge >= 0.3 is 0 Å². The van der Waals surface area contributed by atoms with E-state index in [9.17, 15) is 4.79 Å². The van der Waals surface area contributed by atoms with Crippen molar-refractivity contribution in [3.8, 4) is 11.5 Å². The molecule has 1 heterocycles. The van der Waals surface area contributed by atoms with Crippen LogP contribution in [0.4, 0.5) is 5.82 Å². The number of benzene rings is 1. The number of hydrogen-bond donors (Lipinski definition) is 1. The first-order valence-corrected chi connectivity index (χ1v) is 7.10. The van der Waals surface area contributed by atoms with Crippen molar-refractivity contribution in [2.75, 3.05) is 19.5 Å². The van der Waals surface area contributed by atoms with Crippen LogP contribution in [0.1, 0.15) is 24.2 Å². The number of amides is 1. The van der Waals surface area contributed by atoms with Crippen molar-refractivity contribution in [2.45, 2.75) is 20.4 Å². The molecule has 0 aliphatic rings. The van der Waals surface area contributed by atoms with Gasteiger partial charge in [-0.25, -0.2) is 4.68 Å². The molecule has 0 radical (unpaired) electrons. The largest absolute Gasteiger partial charge is 0.497 e. The third kappa shape index (κ3) is 3.58. The van der Waals surface area contributed by atoms with Crippen LogP contribution in [0.2, 0.25) is 0 Å². The summed E-state index contributed by atoms with van der Waals surface area (Å²) in [6.45, 7) is 4.93. The first-order valence-electron chi connectivity index (χ1n) is 7.10. The number of aromatic nitrogens is 2. The Hall–Kier alpha value is -2.50. The lowest BCUT2D eigenvalue weighted by atomic mass is 10.1. The van der Waals surface area contributed by atoms with Gasteiger partial charge in [-0.2, -0.15) is 5.10 Å². The summed E-state index contributed by atoms with van der Waals surface area (Å²) in [6, 6.07) is 6.86. The third-order valence-electron chi connectivity index (χ3n) is 3.15. The van der Waals surface area contributed by atoms with Crippen LogP contribution in [-0.2, 0) is 6.54 Å². The fourth-order valence-corrected chi connectivity index (χ4v) is 2.10. The van der Waals surface area contributed by atoms with Gasteiger partial charge in [-0.05, 0) is 18.1 Å². The molecular formula is C16H21N3O3. The lowest BCUT2D eigenvalue weighted by Crippen LogP contribution is -2.18. The van der Waals surface area contributed by atoms with Gasteiger partial charge in [-0.1, -0.05) is 13.8 Å². The number of methoxy groups -OCH3 is 2. The number of carbonyl (C=O) groups is 1. The van der Waals surface area contributed by atoms with Crippen LogP contribution in [0.15, 0.2) is 30.5 Å². The van der Waals surface area contributed by atoms with Crippen molar-refractivity contribution in [1.82, 2.24) is 9.78 Å². The van der Waals surface area contributed by atoms with Crippen molar-refractivity contribution in [2.24, 2.45) is 5.92 Å². The zero-order valence-corrected chi connectivity index (χ0v) is 13.3. The van der Waals surface area contributed by atoms with Crippen molar-refractivity contribution < 1.29 is 14.3 Å². The number of hydrogen-bond acceptors (Lipinski definition) is 4. The molecular weight excluding hydrogens is 282 g/mol. The van der Waals surface area contributed by atoms with Crippen molar-refractivity contribution in [1.29, 1.82) is 0 Å². The molecule has 0 saturated carbocycles. The Morgan fingerprint density at radius 3 is 2.68 bits per heavy atom. The monoisotopic (exact) mass is 303 g/mol. The highest BCUT2D eigenvalue weighted by Crippen LogP contribution is 2.25. The van der Waals surface area contributed by atoms with Crippen molar-refractivity contribution in [3.63, 3.8) is 0 Å². The zero-order chi connectivity index (χ0) is 16.1. The second-order valence-electron chi connectivity index (χ2n) is 5.31. The van der Waals surface area contributed by atoms with Crippen LogP contribution in [0.25, 0.3) is 0 Å². The van der Waals surface area contributed by atoms with Crippen LogP contribution in [-0.4, -0.2) is 29.9 Å². The fourth-order valence-electron chi connectivity index (χ4n) is 2.10. The fraction of sp³-hybridized carbons (Fsp3) is 0.375. The average Bonchev–Trinajstić information content (AvgIpc) is 2.92. The predicted octanol–water partition coefficient (Wildman–Crippen LogP) is 2.81. The molecule has 1 N–H and O–H groups in total. The Labute approximate surface area is 130 Å². The van der Waals surface area contributed by atoms with E-state index in [4.69, 9.17) is 9.47 Å². The summed E-state index contributed by atoms with van der Waals surface area (Å²) < 4.78 is 12.2. The Morgan fingerprint density at radius 2 is 2.05 bits per heavy atom. The first kappa shape index (κ1) is 15.9. The molecule has 1 amide bonds. The van der Waals surface area contributed by atoms with Gasteiger partial charge in [0.1, 0.15) is 17.3 Å². The molecule has 0 spiro atoms.